The molecular formula is C20H23BrCl2N4O3. The number of benzene rings is 1. The number of aliphatic hydroxyl groups is 1. The smallest absolute Gasteiger partial charge is 0.407 e. The number of anilines is 1. The molecule has 2 N–H and O–H groups in total. The summed E-state index contributed by atoms with van der Waals surface area (Å²) in [5.41, 5.74) is 0.743. The van der Waals surface area contributed by atoms with Crippen molar-refractivity contribution >= 4 is 51.2 Å². The van der Waals surface area contributed by atoms with Gasteiger partial charge in [0.15, 0.2) is 0 Å². The number of nitrogens with zero attached hydrogens (tertiary/aromatic N) is 3. The van der Waals surface area contributed by atoms with E-state index in [4.69, 9.17) is 27.9 Å². The van der Waals surface area contributed by atoms with Crippen LogP contribution in [0.5, 0.6) is 0 Å². The lowest BCUT2D eigenvalue weighted by Crippen LogP contribution is -2.32. The van der Waals surface area contributed by atoms with E-state index in [1.165, 1.54) is 0 Å². The van der Waals surface area contributed by atoms with Crippen LogP contribution in [0.3, 0.4) is 0 Å². The van der Waals surface area contributed by atoms with Crippen molar-refractivity contribution in [1.29, 1.82) is 0 Å². The first-order chi connectivity index (χ1) is 14.0. The zero-order chi connectivity index (χ0) is 22.1. The van der Waals surface area contributed by atoms with Crippen LogP contribution in [0.25, 0.3) is 0 Å². The maximum absolute atomic E-state index is 12.0. The van der Waals surface area contributed by atoms with E-state index in [0.29, 0.717) is 40.2 Å². The largest absolute Gasteiger partial charge is 0.444 e. The number of nitrogens with one attached hydrogen (secondary N) is 1. The van der Waals surface area contributed by atoms with Crippen molar-refractivity contribution in [3.8, 4) is 0 Å². The summed E-state index contributed by atoms with van der Waals surface area (Å²) in [7, 11) is 0. The molecule has 0 spiro atoms. The van der Waals surface area contributed by atoms with Gasteiger partial charge in [-0.2, -0.15) is 0 Å². The second-order valence-corrected chi connectivity index (χ2v) is 9.77. The van der Waals surface area contributed by atoms with Crippen LogP contribution in [0.4, 0.5) is 10.7 Å². The number of carbonyl (C=O) groups excluding carboxylic acids is 1. The number of β-amino-alcohol motifs (C(OH)–C–C–N with tert-alkyl or cyclic N) is 1. The maximum atomic E-state index is 12.0. The van der Waals surface area contributed by atoms with Gasteiger partial charge in [-0.05, 0) is 53.9 Å². The lowest BCUT2D eigenvalue weighted by molar-refractivity contribution is 0.0523. The third-order valence-corrected chi connectivity index (χ3v) is 5.76. The first-order valence-electron chi connectivity index (χ1n) is 9.39. The van der Waals surface area contributed by atoms with Crippen molar-refractivity contribution in [1.82, 2.24) is 15.3 Å². The number of amides is 1. The summed E-state index contributed by atoms with van der Waals surface area (Å²) in [5.74, 6) is 0.202. The van der Waals surface area contributed by atoms with Crippen LogP contribution in [-0.4, -0.2) is 46.0 Å². The van der Waals surface area contributed by atoms with Gasteiger partial charge in [-0.3, -0.25) is 0 Å². The SMILES string of the molecule is CC(C)(C)OC(=O)NCc1ccc(Cl)c(C2CN(c3ncc(Br)cn3)CC2O)c1Cl. The van der Waals surface area contributed by atoms with Gasteiger partial charge in [0.1, 0.15) is 5.60 Å². The Morgan fingerprint density at radius 3 is 2.60 bits per heavy atom. The topological polar surface area (TPSA) is 87.6 Å². The normalized spacial score (nSPS) is 19.1. The first-order valence-corrected chi connectivity index (χ1v) is 10.9. The molecule has 1 saturated heterocycles. The third kappa shape index (κ3) is 5.55. The highest BCUT2D eigenvalue weighted by Crippen LogP contribution is 2.39. The number of aliphatic hydroxyl groups excluding tert-OH is 1. The highest BCUT2D eigenvalue weighted by atomic mass is 79.9. The van der Waals surface area contributed by atoms with E-state index in [1.807, 2.05) is 4.90 Å². The van der Waals surface area contributed by atoms with Gasteiger partial charge in [0.2, 0.25) is 5.95 Å². The van der Waals surface area contributed by atoms with Crippen molar-refractivity contribution in [3.63, 3.8) is 0 Å². The van der Waals surface area contributed by atoms with Crippen molar-refractivity contribution in [2.45, 2.75) is 44.9 Å². The highest BCUT2D eigenvalue weighted by Gasteiger charge is 2.36. The van der Waals surface area contributed by atoms with E-state index in [9.17, 15) is 9.90 Å². The van der Waals surface area contributed by atoms with Crippen molar-refractivity contribution in [3.05, 3.63) is 50.2 Å². The molecule has 1 fully saturated rings. The molecule has 2 heterocycles. The zero-order valence-electron chi connectivity index (χ0n) is 16.8. The third-order valence-electron chi connectivity index (χ3n) is 4.58. The Balaban J connectivity index is 1.78. The van der Waals surface area contributed by atoms with Crippen LogP contribution >= 0.6 is 39.1 Å². The Hall–Kier alpha value is -1.61. The molecule has 0 bridgehead atoms. The number of halogens is 3. The molecule has 0 radical (unpaired) electrons. The van der Waals surface area contributed by atoms with E-state index in [0.717, 1.165) is 4.47 Å². The van der Waals surface area contributed by atoms with E-state index < -0.39 is 17.8 Å². The van der Waals surface area contributed by atoms with Gasteiger partial charge in [-0.15, -0.1) is 0 Å². The Kier molecular flexibility index (Phi) is 7.12. The molecule has 2 atom stereocenters. The molecule has 1 aromatic heterocycles. The minimum absolute atomic E-state index is 0.181. The van der Waals surface area contributed by atoms with Gasteiger partial charge in [0, 0.05) is 43.0 Å². The van der Waals surface area contributed by atoms with E-state index in [-0.39, 0.29) is 12.5 Å². The maximum Gasteiger partial charge on any atom is 0.407 e. The summed E-state index contributed by atoms with van der Waals surface area (Å²) in [6.07, 6.45) is 2.09. The number of alkyl carbamates (subject to hydrolysis) is 1. The lowest BCUT2D eigenvalue weighted by Gasteiger charge is -2.21. The molecule has 1 aromatic carbocycles. The number of aromatic nitrogens is 2. The molecule has 1 amide bonds. The van der Waals surface area contributed by atoms with Crippen LogP contribution in [0.15, 0.2) is 29.0 Å². The van der Waals surface area contributed by atoms with E-state index in [2.05, 4.69) is 31.2 Å². The van der Waals surface area contributed by atoms with Crippen LogP contribution in [0, 0.1) is 0 Å². The average molecular weight is 518 g/mol. The number of hydrogen-bond donors (Lipinski definition) is 2. The molecule has 1 aliphatic rings. The summed E-state index contributed by atoms with van der Waals surface area (Å²) in [5, 5.41) is 14.3. The lowest BCUT2D eigenvalue weighted by atomic mass is 9.94. The molecule has 1 aliphatic heterocycles. The molecule has 3 rings (SSSR count). The fraction of sp³-hybridized carbons (Fsp3) is 0.450. The Morgan fingerprint density at radius 2 is 1.97 bits per heavy atom. The highest BCUT2D eigenvalue weighted by molar-refractivity contribution is 9.10. The van der Waals surface area contributed by atoms with Gasteiger partial charge >= 0.3 is 6.09 Å². The molecule has 162 valence electrons. The van der Waals surface area contributed by atoms with E-state index >= 15 is 0 Å². The Morgan fingerprint density at radius 1 is 1.30 bits per heavy atom. The fourth-order valence-corrected chi connectivity index (χ4v) is 4.20. The number of rotatable bonds is 4. The molecular weight excluding hydrogens is 495 g/mol. The molecule has 10 heteroatoms. The van der Waals surface area contributed by atoms with Gasteiger partial charge < -0.3 is 20.1 Å². The van der Waals surface area contributed by atoms with Crippen LogP contribution in [-0.2, 0) is 11.3 Å². The van der Waals surface area contributed by atoms with Gasteiger partial charge in [-0.1, -0.05) is 29.3 Å². The molecule has 0 saturated carbocycles. The standard InChI is InChI=1S/C20H23BrCl2N4O3/c1-20(2,3)30-19(29)26-6-11-4-5-14(22)16(17(11)23)13-9-27(10-15(13)28)18-24-7-12(21)8-25-18/h4-5,7-8,13,15,28H,6,9-10H2,1-3H3,(H,26,29). The quantitative estimate of drug-likeness (QED) is 0.619. The number of carbonyl (C=O) groups is 1. The second-order valence-electron chi connectivity index (χ2n) is 8.07. The zero-order valence-corrected chi connectivity index (χ0v) is 19.9. The summed E-state index contributed by atoms with van der Waals surface area (Å²) in [6, 6.07) is 3.48. The average Bonchev–Trinajstić information content (AvgIpc) is 3.02. The second kappa shape index (κ2) is 9.26. The van der Waals surface area contributed by atoms with Gasteiger partial charge in [-0.25, -0.2) is 14.8 Å². The van der Waals surface area contributed by atoms with Crippen molar-refractivity contribution in [2.75, 3.05) is 18.0 Å². The molecule has 2 aromatic rings. The number of hydrogen-bond acceptors (Lipinski definition) is 6. The summed E-state index contributed by atoms with van der Waals surface area (Å²) in [4.78, 5) is 22.4. The van der Waals surface area contributed by atoms with Crippen LogP contribution in [0.2, 0.25) is 10.0 Å². The van der Waals surface area contributed by atoms with Gasteiger partial charge in [0.25, 0.3) is 0 Å². The first kappa shape index (κ1) is 23.1. The summed E-state index contributed by atoms with van der Waals surface area (Å²) >= 11 is 16.4. The monoisotopic (exact) mass is 516 g/mol. The molecule has 7 nitrogen and oxygen atoms in total. The Labute approximate surface area is 193 Å². The number of ether oxygens (including phenoxy) is 1. The minimum Gasteiger partial charge on any atom is -0.444 e. The minimum atomic E-state index is -0.693. The predicted molar refractivity (Wildman–Crippen MR) is 120 cm³/mol. The summed E-state index contributed by atoms with van der Waals surface area (Å²) in [6.45, 7) is 6.39. The molecule has 0 aliphatic carbocycles. The van der Waals surface area contributed by atoms with Crippen molar-refractivity contribution < 1.29 is 14.6 Å². The molecule has 30 heavy (non-hydrogen) atoms. The predicted octanol–water partition coefficient (Wildman–Crippen LogP) is 4.54. The molecule has 2 unspecified atom stereocenters. The van der Waals surface area contributed by atoms with E-state index in [1.54, 1.807) is 45.3 Å². The van der Waals surface area contributed by atoms with Crippen LogP contribution < -0.4 is 10.2 Å². The van der Waals surface area contributed by atoms with Crippen LogP contribution in [0.1, 0.15) is 37.8 Å². The summed E-state index contributed by atoms with van der Waals surface area (Å²) < 4.78 is 6.04. The fourth-order valence-electron chi connectivity index (χ4n) is 3.27. The van der Waals surface area contributed by atoms with Gasteiger partial charge in [0.05, 0.1) is 15.6 Å². The Bertz CT molecular complexity index is 922. The van der Waals surface area contributed by atoms with Crippen molar-refractivity contribution in [2.24, 2.45) is 0 Å².